The third kappa shape index (κ3) is 5.74. The van der Waals surface area contributed by atoms with Crippen molar-refractivity contribution in [3.8, 4) is 0 Å². The van der Waals surface area contributed by atoms with E-state index in [-0.39, 0.29) is 16.4 Å². The normalized spacial score (nSPS) is 10.2. The molecule has 2 amide bonds. The van der Waals surface area contributed by atoms with Crippen LogP contribution in [0.15, 0.2) is 66.7 Å². The van der Waals surface area contributed by atoms with Gasteiger partial charge < -0.3 is 10.6 Å². The van der Waals surface area contributed by atoms with Gasteiger partial charge in [0.15, 0.2) is 16.7 Å². The molecule has 158 valence electrons. The van der Waals surface area contributed by atoms with Crippen molar-refractivity contribution in [1.29, 1.82) is 0 Å². The zero-order valence-electron chi connectivity index (χ0n) is 15.7. The second-order valence-corrected chi connectivity index (χ2v) is 6.96. The van der Waals surface area contributed by atoms with Crippen LogP contribution in [-0.2, 0) is 0 Å². The fourth-order valence-corrected chi connectivity index (χ4v) is 2.86. The molecule has 0 spiro atoms. The average molecular weight is 461 g/mol. The number of anilines is 2. The van der Waals surface area contributed by atoms with Crippen molar-refractivity contribution in [3.05, 3.63) is 94.5 Å². The summed E-state index contributed by atoms with van der Waals surface area (Å²) in [5.41, 5.74) is 5.46. The maximum absolute atomic E-state index is 13.8. The molecular formula is C21H15ClF2N4O2S. The van der Waals surface area contributed by atoms with Crippen molar-refractivity contribution in [2.45, 2.75) is 0 Å². The highest BCUT2D eigenvalue weighted by molar-refractivity contribution is 7.80. The van der Waals surface area contributed by atoms with Gasteiger partial charge in [-0.1, -0.05) is 35.9 Å². The Morgan fingerprint density at radius 1 is 0.839 bits per heavy atom. The van der Waals surface area contributed by atoms with Crippen molar-refractivity contribution in [1.82, 2.24) is 10.9 Å². The lowest BCUT2D eigenvalue weighted by Gasteiger charge is -2.13. The van der Waals surface area contributed by atoms with E-state index < -0.39 is 29.0 Å². The minimum absolute atomic E-state index is 0.104. The Kier molecular flexibility index (Phi) is 7.11. The summed E-state index contributed by atoms with van der Waals surface area (Å²) in [5.74, 6) is -3.78. The van der Waals surface area contributed by atoms with Gasteiger partial charge in [-0.15, -0.1) is 0 Å². The van der Waals surface area contributed by atoms with Gasteiger partial charge in [0.25, 0.3) is 11.8 Å². The van der Waals surface area contributed by atoms with E-state index in [0.29, 0.717) is 10.7 Å². The molecular weight excluding hydrogens is 446 g/mol. The summed E-state index contributed by atoms with van der Waals surface area (Å²) in [4.78, 5) is 24.6. The van der Waals surface area contributed by atoms with Gasteiger partial charge in [0.1, 0.15) is 0 Å². The lowest BCUT2D eigenvalue weighted by molar-refractivity contribution is 0.0943. The van der Waals surface area contributed by atoms with Crippen LogP contribution >= 0.6 is 23.8 Å². The number of amides is 2. The van der Waals surface area contributed by atoms with E-state index in [1.165, 1.54) is 30.3 Å². The van der Waals surface area contributed by atoms with Crippen molar-refractivity contribution in [3.63, 3.8) is 0 Å². The molecule has 0 aliphatic rings. The molecule has 4 N–H and O–H groups in total. The molecule has 3 rings (SSSR count). The van der Waals surface area contributed by atoms with Crippen molar-refractivity contribution < 1.29 is 18.4 Å². The molecule has 6 nitrogen and oxygen atoms in total. The first-order valence-corrected chi connectivity index (χ1v) is 9.61. The minimum Gasteiger partial charge on any atom is -0.330 e. The molecule has 3 aromatic carbocycles. The lowest BCUT2D eigenvalue weighted by Crippen LogP contribution is -2.43. The summed E-state index contributed by atoms with van der Waals surface area (Å²) in [6, 6.07) is 16.1. The maximum atomic E-state index is 13.8. The number of hydrazine groups is 1. The van der Waals surface area contributed by atoms with Gasteiger partial charge in [0, 0.05) is 11.3 Å². The highest BCUT2D eigenvalue weighted by atomic mass is 35.5. The Balaban J connectivity index is 1.61. The topological polar surface area (TPSA) is 82.3 Å². The van der Waals surface area contributed by atoms with Crippen LogP contribution < -0.4 is 21.5 Å². The monoisotopic (exact) mass is 460 g/mol. The largest absolute Gasteiger partial charge is 0.330 e. The fraction of sp³-hybridized carbons (Fsp3) is 0. The number of halogens is 3. The molecule has 10 heteroatoms. The standard InChI is InChI=1S/C21H15ClF2N4O2S/c22-15-8-1-2-10-17(15)26-21(31)28-27-19(29)12-5-3-6-13(11-12)25-20(30)14-7-4-9-16(23)18(14)24/h1-11H,(H,25,30)(H,27,29)(H2,26,28,31). The van der Waals surface area contributed by atoms with Gasteiger partial charge in [0.05, 0.1) is 16.3 Å². The van der Waals surface area contributed by atoms with Crippen LogP contribution in [0.1, 0.15) is 20.7 Å². The minimum atomic E-state index is -1.25. The number of carbonyl (C=O) groups excluding carboxylic acids is 2. The Bertz CT molecular complexity index is 1160. The summed E-state index contributed by atoms with van der Waals surface area (Å²) in [5, 5.41) is 5.82. The third-order valence-corrected chi connectivity index (χ3v) is 4.52. The Hall–Kier alpha value is -3.56. The summed E-state index contributed by atoms with van der Waals surface area (Å²) in [7, 11) is 0. The van der Waals surface area contributed by atoms with Gasteiger partial charge in [0.2, 0.25) is 0 Å². The number of thiocarbonyl (C=S) groups is 1. The highest BCUT2D eigenvalue weighted by Crippen LogP contribution is 2.20. The van der Waals surface area contributed by atoms with Crippen LogP contribution in [0, 0.1) is 11.6 Å². The second kappa shape index (κ2) is 9.96. The zero-order chi connectivity index (χ0) is 22.4. The van der Waals surface area contributed by atoms with Gasteiger partial charge in [-0.25, -0.2) is 8.78 Å². The molecule has 0 bridgehead atoms. The number of para-hydroxylation sites is 1. The van der Waals surface area contributed by atoms with E-state index >= 15 is 0 Å². The Morgan fingerprint density at radius 2 is 1.58 bits per heavy atom. The number of hydrogen-bond acceptors (Lipinski definition) is 3. The van der Waals surface area contributed by atoms with Crippen LogP contribution in [0.3, 0.4) is 0 Å². The zero-order valence-corrected chi connectivity index (χ0v) is 17.3. The predicted molar refractivity (Wildman–Crippen MR) is 119 cm³/mol. The second-order valence-electron chi connectivity index (χ2n) is 6.15. The molecule has 0 unspecified atom stereocenters. The lowest BCUT2D eigenvalue weighted by atomic mass is 10.1. The quantitative estimate of drug-likeness (QED) is 0.340. The third-order valence-electron chi connectivity index (χ3n) is 3.99. The van der Waals surface area contributed by atoms with Crippen LogP contribution in [0.25, 0.3) is 0 Å². The van der Waals surface area contributed by atoms with Gasteiger partial charge in [-0.05, 0) is 54.7 Å². The molecule has 0 fully saturated rings. The highest BCUT2D eigenvalue weighted by Gasteiger charge is 2.16. The predicted octanol–water partition coefficient (Wildman–Crippen LogP) is 4.50. The number of hydrogen-bond donors (Lipinski definition) is 4. The molecule has 3 aromatic rings. The van der Waals surface area contributed by atoms with Gasteiger partial charge in [-0.3, -0.25) is 20.4 Å². The SMILES string of the molecule is O=C(NNC(=S)Nc1ccccc1Cl)c1cccc(NC(=O)c2cccc(F)c2F)c1. The first-order valence-electron chi connectivity index (χ1n) is 8.82. The Morgan fingerprint density at radius 3 is 2.35 bits per heavy atom. The molecule has 0 aliphatic heterocycles. The number of nitrogens with one attached hydrogen (secondary N) is 4. The van der Waals surface area contributed by atoms with Crippen molar-refractivity contribution in [2.24, 2.45) is 0 Å². The summed E-state index contributed by atoms with van der Waals surface area (Å²) >= 11 is 11.1. The van der Waals surface area contributed by atoms with E-state index in [2.05, 4.69) is 21.5 Å². The van der Waals surface area contributed by atoms with E-state index in [9.17, 15) is 18.4 Å². The van der Waals surface area contributed by atoms with Gasteiger partial charge in [-0.2, -0.15) is 0 Å². The summed E-state index contributed by atoms with van der Waals surface area (Å²) in [6.45, 7) is 0. The molecule has 0 heterocycles. The molecule has 0 aromatic heterocycles. The maximum Gasteiger partial charge on any atom is 0.269 e. The summed E-state index contributed by atoms with van der Waals surface area (Å²) < 4.78 is 27.1. The van der Waals surface area contributed by atoms with Crippen molar-refractivity contribution in [2.75, 3.05) is 10.6 Å². The number of benzene rings is 3. The van der Waals surface area contributed by atoms with E-state index in [1.54, 1.807) is 24.3 Å². The van der Waals surface area contributed by atoms with Crippen LogP contribution in [0.5, 0.6) is 0 Å². The number of carbonyl (C=O) groups is 2. The fourth-order valence-electron chi connectivity index (χ4n) is 2.52. The molecule has 0 aliphatic carbocycles. The molecule has 31 heavy (non-hydrogen) atoms. The summed E-state index contributed by atoms with van der Waals surface area (Å²) in [6.07, 6.45) is 0. The average Bonchev–Trinajstić information content (AvgIpc) is 2.75. The van der Waals surface area contributed by atoms with Crippen molar-refractivity contribution >= 4 is 52.1 Å². The van der Waals surface area contributed by atoms with E-state index in [4.69, 9.17) is 23.8 Å². The first kappa shape index (κ1) is 22.1. The smallest absolute Gasteiger partial charge is 0.269 e. The first-order chi connectivity index (χ1) is 14.8. The van der Waals surface area contributed by atoms with E-state index in [0.717, 1.165) is 12.1 Å². The molecule has 0 atom stereocenters. The van der Waals surface area contributed by atoms with E-state index in [1.807, 2.05) is 0 Å². The molecule has 0 saturated carbocycles. The molecule has 0 saturated heterocycles. The Labute approximate surface area is 186 Å². The number of rotatable bonds is 4. The van der Waals surface area contributed by atoms with Gasteiger partial charge >= 0.3 is 0 Å². The molecule has 0 radical (unpaired) electrons. The van der Waals surface area contributed by atoms with Crippen LogP contribution in [-0.4, -0.2) is 16.9 Å². The van der Waals surface area contributed by atoms with Crippen LogP contribution in [0.4, 0.5) is 20.2 Å². The van der Waals surface area contributed by atoms with Crippen LogP contribution in [0.2, 0.25) is 5.02 Å².